The Labute approximate surface area is 62.4 Å². The fourth-order valence-electron chi connectivity index (χ4n) is 0.516. The molecule has 10 heavy (non-hydrogen) atoms. The molecule has 0 aliphatic rings. The van der Waals surface area contributed by atoms with Gasteiger partial charge in [-0.2, -0.15) is 0 Å². The summed E-state index contributed by atoms with van der Waals surface area (Å²) in [6, 6.07) is 0. The minimum absolute atomic E-state index is 0.150. The fourth-order valence-corrected chi connectivity index (χ4v) is 1.29. The minimum Gasteiger partial charge on any atom is -0.212 e. The molecule has 0 aromatic heterocycles. The maximum Gasteiger partial charge on any atom is 0.213 e. The molecular formula is C6H13NO2S. The standard InChI is InChI=1S/C6H13NO2S/c1-4-6-7(3)10(8,9)5-2/h4H,1,5-6H2,2-3H3. The Morgan fingerprint density at radius 2 is 2.10 bits per heavy atom. The zero-order chi connectivity index (χ0) is 8.20. The molecular weight excluding hydrogens is 150 g/mol. The summed E-state index contributed by atoms with van der Waals surface area (Å²) in [7, 11) is -1.46. The molecule has 0 spiro atoms. The van der Waals surface area contributed by atoms with Gasteiger partial charge in [0.25, 0.3) is 0 Å². The first-order valence-electron chi connectivity index (χ1n) is 3.09. The van der Waals surface area contributed by atoms with E-state index in [1.165, 1.54) is 4.31 Å². The van der Waals surface area contributed by atoms with Crippen molar-refractivity contribution < 1.29 is 8.42 Å². The van der Waals surface area contributed by atoms with Crippen molar-refractivity contribution in [1.29, 1.82) is 0 Å². The number of rotatable bonds is 4. The van der Waals surface area contributed by atoms with Crippen molar-refractivity contribution in [1.82, 2.24) is 4.31 Å². The molecule has 0 heterocycles. The van der Waals surface area contributed by atoms with Gasteiger partial charge in [0.1, 0.15) is 0 Å². The van der Waals surface area contributed by atoms with Crippen LogP contribution in [0.25, 0.3) is 0 Å². The van der Waals surface area contributed by atoms with Crippen molar-refractivity contribution in [2.75, 3.05) is 19.3 Å². The average Bonchev–Trinajstić information content (AvgIpc) is 1.89. The maximum atomic E-state index is 11.0. The van der Waals surface area contributed by atoms with Crippen LogP contribution in [0.3, 0.4) is 0 Å². The Kier molecular flexibility index (Phi) is 3.60. The highest BCUT2D eigenvalue weighted by Crippen LogP contribution is 1.95. The van der Waals surface area contributed by atoms with Gasteiger partial charge in [0.15, 0.2) is 0 Å². The predicted molar refractivity (Wildman–Crippen MR) is 42.3 cm³/mol. The zero-order valence-electron chi connectivity index (χ0n) is 6.37. The lowest BCUT2D eigenvalue weighted by Crippen LogP contribution is -2.28. The van der Waals surface area contributed by atoms with Crippen LogP contribution in [0.2, 0.25) is 0 Å². The Hall–Kier alpha value is -0.350. The molecule has 0 saturated carbocycles. The monoisotopic (exact) mass is 163 g/mol. The second-order valence-electron chi connectivity index (χ2n) is 1.97. The number of hydrogen-bond acceptors (Lipinski definition) is 2. The van der Waals surface area contributed by atoms with Gasteiger partial charge < -0.3 is 0 Å². The number of nitrogens with zero attached hydrogens (tertiary/aromatic N) is 1. The van der Waals surface area contributed by atoms with E-state index in [9.17, 15) is 8.42 Å². The number of sulfonamides is 1. The van der Waals surface area contributed by atoms with E-state index >= 15 is 0 Å². The molecule has 0 aliphatic heterocycles. The van der Waals surface area contributed by atoms with Gasteiger partial charge >= 0.3 is 0 Å². The second kappa shape index (κ2) is 3.73. The quantitative estimate of drug-likeness (QED) is 0.564. The molecule has 0 unspecified atom stereocenters. The van der Waals surface area contributed by atoms with Crippen LogP contribution >= 0.6 is 0 Å². The van der Waals surface area contributed by atoms with E-state index in [2.05, 4.69) is 6.58 Å². The fraction of sp³-hybridized carbons (Fsp3) is 0.667. The summed E-state index contributed by atoms with van der Waals surface area (Å²) in [5, 5.41) is 0. The van der Waals surface area contributed by atoms with E-state index in [0.717, 1.165) is 0 Å². The summed E-state index contributed by atoms with van der Waals surface area (Å²) in [5.74, 6) is 0.150. The third-order valence-electron chi connectivity index (χ3n) is 1.23. The van der Waals surface area contributed by atoms with Crippen LogP contribution in [0.1, 0.15) is 6.92 Å². The van der Waals surface area contributed by atoms with Crippen LogP contribution in [-0.2, 0) is 10.0 Å². The molecule has 0 aromatic carbocycles. The first-order chi connectivity index (χ1) is 4.54. The highest BCUT2D eigenvalue weighted by atomic mass is 32.2. The van der Waals surface area contributed by atoms with E-state index < -0.39 is 10.0 Å². The van der Waals surface area contributed by atoms with Gasteiger partial charge in [-0.05, 0) is 6.92 Å². The smallest absolute Gasteiger partial charge is 0.212 e. The Morgan fingerprint density at radius 3 is 2.40 bits per heavy atom. The van der Waals surface area contributed by atoms with E-state index in [4.69, 9.17) is 0 Å². The van der Waals surface area contributed by atoms with Gasteiger partial charge in [-0.3, -0.25) is 0 Å². The second-order valence-corrected chi connectivity index (χ2v) is 4.33. The van der Waals surface area contributed by atoms with Crippen LogP contribution in [-0.4, -0.2) is 32.1 Å². The van der Waals surface area contributed by atoms with Crippen molar-refractivity contribution in [3.8, 4) is 0 Å². The number of hydrogen-bond donors (Lipinski definition) is 0. The summed E-state index contributed by atoms with van der Waals surface area (Å²) < 4.78 is 23.2. The Bertz CT molecular complexity index is 196. The lowest BCUT2D eigenvalue weighted by atomic mass is 10.6. The van der Waals surface area contributed by atoms with Crippen molar-refractivity contribution in [2.24, 2.45) is 0 Å². The first-order valence-corrected chi connectivity index (χ1v) is 4.70. The van der Waals surface area contributed by atoms with Crippen LogP contribution in [0.5, 0.6) is 0 Å². The summed E-state index contributed by atoms with van der Waals surface area (Å²) >= 11 is 0. The van der Waals surface area contributed by atoms with E-state index in [1.807, 2.05) is 0 Å². The minimum atomic E-state index is -3.00. The first kappa shape index (κ1) is 9.65. The predicted octanol–water partition coefficient (Wildman–Crippen LogP) is 0.454. The molecule has 0 saturated heterocycles. The average molecular weight is 163 g/mol. The largest absolute Gasteiger partial charge is 0.213 e. The van der Waals surface area contributed by atoms with Crippen molar-refractivity contribution >= 4 is 10.0 Å². The van der Waals surface area contributed by atoms with Gasteiger partial charge in [-0.15, -0.1) is 6.58 Å². The molecule has 0 bridgehead atoms. The van der Waals surface area contributed by atoms with Gasteiger partial charge in [0.05, 0.1) is 5.75 Å². The van der Waals surface area contributed by atoms with Gasteiger partial charge in [0, 0.05) is 13.6 Å². The Morgan fingerprint density at radius 1 is 1.60 bits per heavy atom. The maximum absolute atomic E-state index is 11.0. The summed E-state index contributed by atoms with van der Waals surface area (Å²) in [4.78, 5) is 0. The zero-order valence-corrected chi connectivity index (χ0v) is 7.19. The molecule has 4 heteroatoms. The van der Waals surface area contributed by atoms with Crippen molar-refractivity contribution in [3.05, 3.63) is 12.7 Å². The van der Waals surface area contributed by atoms with Crippen molar-refractivity contribution in [3.63, 3.8) is 0 Å². The van der Waals surface area contributed by atoms with Crippen LogP contribution in [0.4, 0.5) is 0 Å². The summed E-state index contributed by atoms with van der Waals surface area (Å²) in [6.45, 7) is 5.45. The number of likely N-dealkylation sites (N-methyl/N-ethyl adjacent to an activating group) is 1. The lowest BCUT2D eigenvalue weighted by molar-refractivity contribution is 0.501. The molecule has 0 atom stereocenters. The highest BCUT2D eigenvalue weighted by Gasteiger charge is 2.11. The molecule has 0 radical (unpaired) electrons. The molecule has 60 valence electrons. The molecule has 0 amide bonds. The summed E-state index contributed by atoms with van der Waals surface area (Å²) in [6.07, 6.45) is 1.56. The topological polar surface area (TPSA) is 37.4 Å². The van der Waals surface area contributed by atoms with Crippen LogP contribution < -0.4 is 0 Å². The summed E-state index contributed by atoms with van der Waals surface area (Å²) in [5.41, 5.74) is 0. The van der Waals surface area contributed by atoms with Crippen LogP contribution in [0.15, 0.2) is 12.7 Å². The highest BCUT2D eigenvalue weighted by molar-refractivity contribution is 7.89. The molecule has 0 N–H and O–H groups in total. The third kappa shape index (κ3) is 2.49. The van der Waals surface area contributed by atoms with E-state index in [0.29, 0.717) is 6.54 Å². The molecule has 0 aliphatic carbocycles. The molecule has 0 rings (SSSR count). The molecule has 0 aromatic rings. The molecule has 0 fully saturated rings. The Balaban J connectivity index is 4.19. The van der Waals surface area contributed by atoms with Gasteiger partial charge in [-0.1, -0.05) is 6.08 Å². The normalized spacial score (nSPS) is 11.9. The lowest BCUT2D eigenvalue weighted by Gasteiger charge is -2.12. The van der Waals surface area contributed by atoms with Crippen molar-refractivity contribution in [2.45, 2.75) is 6.92 Å². The SMILES string of the molecule is C=CCN(C)S(=O)(=O)CC. The van der Waals surface area contributed by atoms with E-state index in [-0.39, 0.29) is 5.75 Å². The molecule has 3 nitrogen and oxygen atoms in total. The van der Waals surface area contributed by atoms with Gasteiger partial charge in [-0.25, -0.2) is 12.7 Å². The van der Waals surface area contributed by atoms with E-state index in [1.54, 1.807) is 20.0 Å². The van der Waals surface area contributed by atoms with Crippen LogP contribution in [0, 0.1) is 0 Å². The third-order valence-corrected chi connectivity index (χ3v) is 3.05. The van der Waals surface area contributed by atoms with Gasteiger partial charge in [0.2, 0.25) is 10.0 Å².